The van der Waals surface area contributed by atoms with Crippen molar-refractivity contribution in [2.75, 3.05) is 5.73 Å². The molecule has 8 heteroatoms. The van der Waals surface area contributed by atoms with Crippen LogP contribution in [0.3, 0.4) is 0 Å². The third kappa shape index (κ3) is 2.91. The van der Waals surface area contributed by atoms with Crippen LogP contribution >= 0.6 is 11.3 Å². The lowest BCUT2D eigenvalue weighted by Gasteiger charge is -2.11. The summed E-state index contributed by atoms with van der Waals surface area (Å²) in [6, 6.07) is 3.57. The van der Waals surface area contributed by atoms with E-state index in [1.807, 2.05) is 0 Å². The predicted molar refractivity (Wildman–Crippen MR) is 75.5 cm³/mol. The van der Waals surface area contributed by atoms with Crippen LogP contribution in [0, 0.1) is 10.1 Å². The number of hydrogen-bond acceptors (Lipinski definition) is 6. The molecule has 0 aliphatic rings. The first-order chi connectivity index (χ1) is 9.49. The summed E-state index contributed by atoms with van der Waals surface area (Å²) in [5.41, 5.74) is 5.54. The van der Waals surface area contributed by atoms with Gasteiger partial charge in [-0.1, -0.05) is 0 Å². The summed E-state index contributed by atoms with van der Waals surface area (Å²) < 4.78 is 0. The number of nitro benzene ring substituents is 1. The molecule has 0 saturated heterocycles. The van der Waals surface area contributed by atoms with Crippen LogP contribution < -0.4 is 11.1 Å². The summed E-state index contributed by atoms with van der Waals surface area (Å²) in [6.45, 7) is 1.76. The van der Waals surface area contributed by atoms with Crippen LogP contribution in [0.5, 0.6) is 0 Å². The molecule has 104 valence electrons. The standard InChI is InChI=1S/C12H12N4O3S/c1-7(12-14-4-5-20-12)15-11(17)9-6-8(13)2-3-10(9)16(18)19/h2-7H,13H2,1H3,(H,15,17). The van der Waals surface area contributed by atoms with E-state index in [1.54, 1.807) is 18.5 Å². The Morgan fingerprint density at radius 1 is 1.55 bits per heavy atom. The number of thiazole rings is 1. The molecule has 2 aromatic rings. The van der Waals surface area contributed by atoms with Gasteiger partial charge >= 0.3 is 0 Å². The van der Waals surface area contributed by atoms with Crippen molar-refractivity contribution in [1.82, 2.24) is 10.3 Å². The SMILES string of the molecule is CC(NC(=O)c1cc(N)ccc1[N+](=O)[O-])c1nccs1. The number of carbonyl (C=O) groups excluding carboxylic acids is 1. The number of nitrogens with two attached hydrogens (primary N) is 1. The monoisotopic (exact) mass is 292 g/mol. The normalized spacial score (nSPS) is 11.8. The molecule has 20 heavy (non-hydrogen) atoms. The largest absolute Gasteiger partial charge is 0.399 e. The van der Waals surface area contributed by atoms with Crippen LogP contribution in [0.15, 0.2) is 29.8 Å². The lowest BCUT2D eigenvalue weighted by molar-refractivity contribution is -0.385. The van der Waals surface area contributed by atoms with Crippen LogP contribution in [0.1, 0.15) is 28.3 Å². The van der Waals surface area contributed by atoms with Crippen LogP contribution in [-0.4, -0.2) is 15.8 Å². The summed E-state index contributed by atoms with van der Waals surface area (Å²) in [4.78, 5) is 26.5. The highest BCUT2D eigenvalue weighted by Crippen LogP contribution is 2.22. The zero-order valence-electron chi connectivity index (χ0n) is 10.6. The molecule has 2 rings (SSSR count). The van der Waals surface area contributed by atoms with E-state index in [0.717, 1.165) is 5.01 Å². The molecule has 1 unspecified atom stereocenters. The van der Waals surface area contributed by atoms with Gasteiger partial charge in [0.05, 0.1) is 11.0 Å². The average Bonchev–Trinajstić information content (AvgIpc) is 2.92. The molecule has 0 saturated carbocycles. The van der Waals surface area contributed by atoms with Gasteiger partial charge in [0.15, 0.2) is 0 Å². The van der Waals surface area contributed by atoms with E-state index in [2.05, 4.69) is 10.3 Å². The Labute approximate surface area is 118 Å². The van der Waals surface area contributed by atoms with Gasteiger partial charge < -0.3 is 11.1 Å². The summed E-state index contributed by atoms with van der Waals surface area (Å²) in [5.74, 6) is -0.549. The zero-order valence-corrected chi connectivity index (χ0v) is 11.4. The van der Waals surface area contributed by atoms with Gasteiger partial charge in [-0.15, -0.1) is 11.3 Å². The third-order valence-corrected chi connectivity index (χ3v) is 3.59. The Hall–Kier alpha value is -2.48. The predicted octanol–water partition coefficient (Wildman–Crippen LogP) is 2.12. The minimum Gasteiger partial charge on any atom is -0.399 e. The molecule has 3 N–H and O–H groups in total. The minimum atomic E-state index is -0.609. The summed E-state index contributed by atoms with van der Waals surface area (Å²) >= 11 is 1.40. The molecule has 0 bridgehead atoms. The maximum atomic E-state index is 12.1. The van der Waals surface area contributed by atoms with Crippen molar-refractivity contribution in [2.24, 2.45) is 0 Å². The van der Waals surface area contributed by atoms with Gasteiger partial charge in [0.1, 0.15) is 10.6 Å². The molecule has 1 aromatic carbocycles. The van der Waals surface area contributed by atoms with E-state index in [0.29, 0.717) is 5.69 Å². The van der Waals surface area contributed by atoms with Gasteiger partial charge in [0.25, 0.3) is 11.6 Å². The number of benzene rings is 1. The number of hydrogen-bond donors (Lipinski definition) is 2. The van der Waals surface area contributed by atoms with Gasteiger partial charge in [-0.05, 0) is 19.1 Å². The average molecular weight is 292 g/mol. The van der Waals surface area contributed by atoms with Crippen molar-refractivity contribution in [2.45, 2.75) is 13.0 Å². The molecule has 1 amide bonds. The minimum absolute atomic E-state index is 0.0570. The number of anilines is 1. The lowest BCUT2D eigenvalue weighted by atomic mass is 10.1. The fourth-order valence-electron chi connectivity index (χ4n) is 1.68. The van der Waals surface area contributed by atoms with Crippen molar-refractivity contribution in [3.8, 4) is 0 Å². The van der Waals surface area contributed by atoms with E-state index >= 15 is 0 Å². The van der Waals surface area contributed by atoms with Crippen LogP contribution in [0.4, 0.5) is 11.4 Å². The lowest BCUT2D eigenvalue weighted by Crippen LogP contribution is -2.27. The number of nitrogen functional groups attached to an aromatic ring is 1. The number of nitro groups is 1. The van der Waals surface area contributed by atoms with E-state index in [9.17, 15) is 14.9 Å². The summed E-state index contributed by atoms with van der Waals surface area (Å²) in [5, 5.41) is 16.1. The van der Waals surface area contributed by atoms with E-state index in [4.69, 9.17) is 5.73 Å². The molecular formula is C12H12N4O3S. The Morgan fingerprint density at radius 3 is 2.90 bits per heavy atom. The number of nitrogens with one attached hydrogen (secondary N) is 1. The van der Waals surface area contributed by atoms with Crippen molar-refractivity contribution < 1.29 is 9.72 Å². The second-order valence-corrected chi connectivity index (χ2v) is 5.03. The van der Waals surface area contributed by atoms with Gasteiger partial charge in [-0.3, -0.25) is 14.9 Å². The van der Waals surface area contributed by atoms with E-state index < -0.39 is 10.8 Å². The smallest absolute Gasteiger partial charge is 0.282 e. The molecular weight excluding hydrogens is 280 g/mol. The quantitative estimate of drug-likeness (QED) is 0.509. The first kappa shape index (κ1) is 13.9. The molecule has 0 spiro atoms. The molecule has 1 heterocycles. The Kier molecular flexibility index (Phi) is 3.94. The molecule has 1 aromatic heterocycles. The Balaban J connectivity index is 2.25. The van der Waals surface area contributed by atoms with Crippen LogP contribution in [0.2, 0.25) is 0 Å². The Bertz CT molecular complexity index is 642. The highest BCUT2D eigenvalue weighted by atomic mass is 32.1. The van der Waals surface area contributed by atoms with Crippen molar-refractivity contribution in [3.05, 3.63) is 50.5 Å². The summed E-state index contributed by atoms with van der Waals surface area (Å²) in [7, 11) is 0. The van der Waals surface area contributed by atoms with Crippen molar-refractivity contribution in [3.63, 3.8) is 0 Å². The first-order valence-electron chi connectivity index (χ1n) is 5.73. The fourth-order valence-corrected chi connectivity index (χ4v) is 2.33. The van der Waals surface area contributed by atoms with Crippen molar-refractivity contribution in [1.29, 1.82) is 0 Å². The zero-order chi connectivity index (χ0) is 14.7. The van der Waals surface area contributed by atoms with E-state index in [-0.39, 0.29) is 17.3 Å². The van der Waals surface area contributed by atoms with E-state index in [1.165, 1.54) is 29.5 Å². The fraction of sp³-hybridized carbons (Fsp3) is 0.167. The van der Waals surface area contributed by atoms with Gasteiger partial charge in [-0.25, -0.2) is 4.98 Å². The van der Waals surface area contributed by atoms with Gasteiger partial charge in [-0.2, -0.15) is 0 Å². The molecule has 1 atom stereocenters. The maximum Gasteiger partial charge on any atom is 0.282 e. The second-order valence-electron chi connectivity index (χ2n) is 4.10. The van der Waals surface area contributed by atoms with Gasteiger partial charge in [0.2, 0.25) is 0 Å². The summed E-state index contributed by atoms with van der Waals surface area (Å²) in [6.07, 6.45) is 1.63. The van der Waals surface area contributed by atoms with Crippen LogP contribution in [0.25, 0.3) is 0 Å². The number of rotatable bonds is 4. The molecule has 0 fully saturated rings. The topological polar surface area (TPSA) is 111 Å². The first-order valence-corrected chi connectivity index (χ1v) is 6.61. The maximum absolute atomic E-state index is 12.1. The number of aromatic nitrogens is 1. The van der Waals surface area contributed by atoms with Crippen molar-refractivity contribution >= 4 is 28.6 Å². The number of nitrogens with zero attached hydrogens (tertiary/aromatic N) is 2. The van der Waals surface area contributed by atoms with Crippen LogP contribution in [-0.2, 0) is 0 Å². The number of amides is 1. The third-order valence-electron chi connectivity index (χ3n) is 2.63. The second kappa shape index (κ2) is 5.66. The van der Waals surface area contributed by atoms with Gasteiger partial charge in [0, 0.05) is 23.3 Å². The highest BCUT2D eigenvalue weighted by Gasteiger charge is 2.22. The number of carbonyl (C=O) groups is 1. The molecule has 0 radical (unpaired) electrons. The Morgan fingerprint density at radius 2 is 2.30 bits per heavy atom. The molecule has 0 aliphatic carbocycles. The molecule has 7 nitrogen and oxygen atoms in total. The molecule has 0 aliphatic heterocycles. The highest BCUT2D eigenvalue weighted by molar-refractivity contribution is 7.09.